The molecule has 0 atom stereocenters. The van der Waals surface area contributed by atoms with Gasteiger partial charge >= 0.3 is 0 Å². The number of hydrogen-bond donors (Lipinski definition) is 0. The zero-order valence-electron chi connectivity index (χ0n) is 25.9. The minimum absolute atomic E-state index is 0.539. The van der Waals surface area contributed by atoms with Crippen LogP contribution >= 0.6 is 0 Å². The quantitative estimate of drug-likeness (QED) is 0.149. The van der Waals surface area contributed by atoms with Crippen LogP contribution in [0.15, 0.2) is 73.3 Å². The predicted octanol–water partition coefficient (Wildman–Crippen LogP) is 6.77. The third kappa shape index (κ3) is 8.48. The van der Waals surface area contributed by atoms with Gasteiger partial charge in [0.15, 0.2) is 0 Å². The smallest absolute Gasteiger partial charge is 0.212 e. The topological polar surface area (TPSA) is 114 Å². The third-order valence-corrected chi connectivity index (χ3v) is 6.61. The van der Waals surface area contributed by atoms with Gasteiger partial charge in [0.25, 0.3) is 0 Å². The average molecular weight is 613 g/mol. The van der Waals surface area contributed by atoms with Crippen molar-refractivity contribution in [3.8, 4) is 23.5 Å². The van der Waals surface area contributed by atoms with Crippen molar-refractivity contribution in [2.24, 2.45) is 0 Å². The van der Waals surface area contributed by atoms with E-state index in [2.05, 4.69) is 19.9 Å². The molecule has 230 valence electrons. The maximum Gasteiger partial charge on any atom is 0.212 e. The van der Waals surface area contributed by atoms with E-state index < -0.39 is 0 Å². The summed E-state index contributed by atoms with van der Waals surface area (Å²) in [7, 11) is 6.34. The summed E-state index contributed by atoms with van der Waals surface area (Å²) < 4.78 is 20.8. The van der Waals surface area contributed by atoms with Gasteiger partial charge < -0.3 is 18.9 Å². The van der Waals surface area contributed by atoms with Crippen LogP contribution in [0.4, 0.5) is 0 Å². The molecule has 0 amide bonds. The van der Waals surface area contributed by atoms with E-state index in [1.54, 1.807) is 53.2 Å². The summed E-state index contributed by atoms with van der Waals surface area (Å²) in [5, 5.41) is 0. The van der Waals surface area contributed by atoms with Crippen molar-refractivity contribution in [2.75, 3.05) is 28.4 Å². The molecule has 10 nitrogen and oxygen atoms in total. The first-order valence-electron chi connectivity index (χ1n) is 14.2. The molecular weight excluding hydrogens is 580 g/mol. The molecule has 5 heterocycles. The van der Waals surface area contributed by atoms with Gasteiger partial charge in [-0.3, -0.25) is 0 Å². The van der Waals surface area contributed by atoms with Crippen LogP contribution in [0, 0.1) is 0 Å². The largest absolute Gasteiger partial charge is 0.481 e. The van der Waals surface area contributed by atoms with Gasteiger partial charge in [0.1, 0.15) is 0 Å². The number of nitrogens with zero attached hydrogens (tertiary/aromatic N) is 6. The summed E-state index contributed by atoms with van der Waals surface area (Å²) in [6, 6.07) is 14.9. The zero-order valence-corrected chi connectivity index (χ0v) is 25.9. The third-order valence-electron chi connectivity index (χ3n) is 6.61. The normalized spacial score (nSPS) is 11.6. The average Bonchev–Trinajstić information content (AvgIpc) is 3.12. The fourth-order valence-corrected chi connectivity index (χ4v) is 4.12. The van der Waals surface area contributed by atoms with E-state index >= 15 is 0 Å². The summed E-state index contributed by atoms with van der Waals surface area (Å²) in [5.41, 5.74) is 6.16. The molecule has 0 aliphatic carbocycles. The Bertz CT molecular complexity index is 1580. The molecule has 0 bridgehead atoms. The van der Waals surface area contributed by atoms with Gasteiger partial charge in [0.2, 0.25) is 23.5 Å². The van der Waals surface area contributed by atoms with Crippen LogP contribution in [0.25, 0.3) is 48.6 Å². The lowest BCUT2D eigenvalue weighted by Crippen LogP contribution is -2.00. The van der Waals surface area contributed by atoms with Crippen LogP contribution in [-0.4, -0.2) is 58.3 Å². The second-order valence-electron chi connectivity index (χ2n) is 9.63. The van der Waals surface area contributed by atoms with E-state index in [-0.39, 0.29) is 0 Å². The highest BCUT2D eigenvalue weighted by atomic mass is 16.5. The van der Waals surface area contributed by atoms with Crippen LogP contribution < -0.4 is 18.9 Å². The Morgan fingerprint density at radius 1 is 0.348 bits per heavy atom. The molecular formula is C36H32N6O4. The molecule has 0 spiro atoms. The molecule has 0 fully saturated rings. The van der Waals surface area contributed by atoms with Gasteiger partial charge in [-0.25, -0.2) is 29.9 Å². The number of pyridine rings is 4. The van der Waals surface area contributed by atoms with Crippen molar-refractivity contribution in [1.29, 1.82) is 0 Å². The molecule has 0 aliphatic heterocycles. The molecule has 0 radical (unpaired) electrons. The minimum Gasteiger partial charge on any atom is -0.481 e. The van der Waals surface area contributed by atoms with Crippen molar-refractivity contribution >= 4 is 48.6 Å². The Labute approximate surface area is 267 Å². The number of hydrogen-bond acceptors (Lipinski definition) is 10. The first-order valence-corrected chi connectivity index (χ1v) is 14.2. The van der Waals surface area contributed by atoms with Crippen LogP contribution in [0.3, 0.4) is 0 Å². The fourth-order valence-electron chi connectivity index (χ4n) is 4.12. The van der Waals surface area contributed by atoms with Crippen LogP contribution in [0.5, 0.6) is 23.5 Å². The molecule has 0 saturated heterocycles. The number of ether oxygens (including phenoxy) is 4. The van der Waals surface area contributed by atoms with E-state index in [1.165, 1.54) is 0 Å². The Kier molecular flexibility index (Phi) is 10.6. The molecule has 10 heteroatoms. The van der Waals surface area contributed by atoms with Crippen molar-refractivity contribution < 1.29 is 18.9 Å². The minimum atomic E-state index is 0.539. The van der Waals surface area contributed by atoms with Crippen LogP contribution in [0.1, 0.15) is 45.0 Å². The number of aromatic nitrogens is 6. The van der Waals surface area contributed by atoms with E-state index in [0.717, 1.165) is 22.3 Å². The van der Waals surface area contributed by atoms with E-state index in [1.807, 2.05) is 97.1 Å². The molecule has 0 aromatic carbocycles. The lowest BCUT2D eigenvalue weighted by atomic mass is 10.1. The molecule has 5 aromatic heterocycles. The highest BCUT2D eigenvalue weighted by Crippen LogP contribution is 2.21. The Balaban J connectivity index is 1.58. The van der Waals surface area contributed by atoms with Crippen LogP contribution in [0.2, 0.25) is 0 Å². The van der Waals surface area contributed by atoms with E-state index in [9.17, 15) is 0 Å². The standard InChI is InChI=1S/C36H32N6O4/c1-43-33-17-9-25(21-37-33)5-13-29-30(14-6-26-10-18-34(44-2)38-22-26)42-32(16-8-28-12-20-36(46-4)40-24-28)31(41-29)15-7-27-11-19-35(45-3)39-23-27/h5-24H,1-4H3. The summed E-state index contributed by atoms with van der Waals surface area (Å²) in [5.74, 6) is 2.16. The SMILES string of the molecule is COc1ccc(C=Cc2nc(C=Cc3ccc(OC)nc3)c(C=Cc3ccc(OC)nc3)nc2C=Cc2ccc(OC)nc2)cn1. The highest BCUT2D eigenvalue weighted by Gasteiger charge is 2.09. The van der Waals surface area contributed by atoms with Crippen molar-refractivity contribution in [1.82, 2.24) is 29.9 Å². The van der Waals surface area contributed by atoms with Crippen molar-refractivity contribution in [2.45, 2.75) is 0 Å². The number of rotatable bonds is 12. The van der Waals surface area contributed by atoms with Crippen molar-refractivity contribution in [3.05, 3.63) is 118 Å². The van der Waals surface area contributed by atoms with E-state index in [4.69, 9.17) is 28.9 Å². The van der Waals surface area contributed by atoms with Crippen LogP contribution in [-0.2, 0) is 0 Å². The summed E-state index contributed by atoms with van der Waals surface area (Å²) >= 11 is 0. The molecule has 46 heavy (non-hydrogen) atoms. The lowest BCUT2D eigenvalue weighted by Gasteiger charge is -2.08. The molecule has 5 rings (SSSR count). The Morgan fingerprint density at radius 2 is 0.587 bits per heavy atom. The van der Waals surface area contributed by atoms with Crippen molar-refractivity contribution in [3.63, 3.8) is 0 Å². The second kappa shape index (κ2) is 15.5. The van der Waals surface area contributed by atoms with Gasteiger partial charge in [-0.1, -0.05) is 24.3 Å². The Morgan fingerprint density at radius 3 is 0.761 bits per heavy atom. The van der Waals surface area contributed by atoms with Gasteiger partial charge in [0, 0.05) is 49.1 Å². The zero-order chi connectivity index (χ0) is 32.1. The second-order valence-corrected chi connectivity index (χ2v) is 9.63. The first kappa shape index (κ1) is 31.3. The lowest BCUT2D eigenvalue weighted by molar-refractivity contribution is 0.397. The fraction of sp³-hybridized carbons (Fsp3) is 0.111. The van der Waals surface area contributed by atoms with Gasteiger partial charge in [0.05, 0.1) is 51.2 Å². The number of methoxy groups -OCH3 is 4. The molecule has 5 aromatic rings. The molecule has 0 unspecified atom stereocenters. The first-order chi connectivity index (χ1) is 22.6. The maximum absolute atomic E-state index is 5.20. The van der Waals surface area contributed by atoms with Gasteiger partial charge in [-0.2, -0.15) is 0 Å². The summed E-state index contributed by atoms with van der Waals surface area (Å²) in [6.45, 7) is 0. The van der Waals surface area contributed by atoms with Gasteiger partial charge in [-0.15, -0.1) is 0 Å². The maximum atomic E-state index is 5.20. The predicted molar refractivity (Wildman–Crippen MR) is 181 cm³/mol. The molecule has 0 aliphatic rings. The molecule has 0 saturated carbocycles. The highest BCUT2D eigenvalue weighted by molar-refractivity contribution is 5.81. The summed E-state index contributed by atoms with van der Waals surface area (Å²) in [4.78, 5) is 27.3. The molecule has 0 N–H and O–H groups in total. The van der Waals surface area contributed by atoms with E-state index in [0.29, 0.717) is 46.3 Å². The monoisotopic (exact) mass is 612 g/mol. The Hall–Kier alpha value is -6.16. The summed E-state index contributed by atoms with van der Waals surface area (Å²) in [6.07, 6.45) is 22.3. The van der Waals surface area contributed by atoms with Gasteiger partial charge in [-0.05, 0) is 70.8 Å².